The third-order valence-corrected chi connectivity index (χ3v) is 5.69. The molecule has 1 aliphatic heterocycles. The predicted octanol–water partition coefficient (Wildman–Crippen LogP) is 4.93. The van der Waals surface area contributed by atoms with Crippen LogP contribution in [-0.4, -0.2) is 46.2 Å². The van der Waals surface area contributed by atoms with E-state index in [0.29, 0.717) is 18.5 Å². The Morgan fingerprint density at radius 1 is 1.12 bits per heavy atom. The monoisotopic (exact) mass is 447 g/mol. The number of hydrogen-bond donors (Lipinski definition) is 1. The van der Waals surface area contributed by atoms with Crippen LogP contribution in [-0.2, 0) is 17.9 Å². The molecule has 0 unspecified atom stereocenters. The van der Waals surface area contributed by atoms with E-state index >= 15 is 0 Å². The van der Waals surface area contributed by atoms with E-state index in [-0.39, 0.29) is 6.10 Å². The first-order valence-electron chi connectivity index (χ1n) is 11.6. The summed E-state index contributed by atoms with van der Waals surface area (Å²) in [7, 11) is 1.72. The zero-order valence-electron chi connectivity index (χ0n) is 19.7. The topological polar surface area (TPSA) is 72.4 Å². The van der Waals surface area contributed by atoms with Gasteiger partial charge in [0.25, 0.3) is 0 Å². The molecule has 2 aromatic heterocycles. The lowest BCUT2D eigenvalue weighted by molar-refractivity contribution is 0.174. The first-order valence-corrected chi connectivity index (χ1v) is 11.6. The van der Waals surface area contributed by atoms with Gasteiger partial charge in [-0.05, 0) is 69.1 Å². The summed E-state index contributed by atoms with van der Waals surface area (Å²) in [5, 5.41) is 3.20. The van der Waals surface area contributed by atoms with Gasteiger partial charge in [-0.3, -0.25) is 4.90 Å². The molecule has 4 rings (SSSR count). The number of hydrogen-bond acceptors (Lipinski definition) is 7. The van der Waals surface area contributed by atoms with E-state index in [2.05, 4.69) is 50.5 Å². The van der Waals surface area contributed by atoms with E-state index < -0.39 is 0 Å². The minimum atomic E-state index is 0.139. The molecule has 3 heterocycles. The Hall–Kier alpha value is -3.03. The lowest BCUT2D eigenvalue weighted by Gasteiger charge is -2.32. The van der Waals surface area contributed by atoms with Gasteiger partial charge in [0.1, 0.15) is 11.6 Å². The molecule has 1 atom stereocenters. The van der Waals surface area contributed by atoms with Gasteiger partial charge in [0.2, 0.25) is 5.95 Å². The number of piperidine rings is 1. The molecule has 3 aromatic rings. The fourth-order valence-electron chi connectivity index (χ4n) is 4.29. The van der Waals surface area contributed by atoms with Crippen LogP contribution in [0, 0.1) is 0 Å². The number of nitrogens with zero attached hydrogens (tertiary/aromatic N) is 4. The average Bonchev–Trinajstić information content (AvgIpc) is 2.82. The van der Waals surface area contributed by atoms with Crippen LogP contribution in [0.1, 0.15) is 49.4 Å². The summed E-state index contributed by atoms with van der Waals surface area (Å²) < 4.78 is 11.4. The first-order chi connectivity index (χ1) is 16.1. The van der Waals surface area contributed by atoms with E-state index in [1.165, 1.54) is 5.56 Å². The van der Waals surface area contributed by atoms with Crippen LogP contribution < -0.4 is 10.1 Å². The maximum atomic E-state index is 5.95. The Morgan fingerprint density at radius 3 is 2.76 bits per heavy atom. The Morgan fingerprint density at radius 2 is 1.97 bits per heavy atom. The number of likely N-dealkylation sites (tertiary alicyclic amines) is 1. The predicted molar refractivity (Wildman–Crippen MR) is 130 cm³/mol. The zero-order chi connectivity index (χ0) is 23.0. The first kappa shape index (κ1) is 23.1. The number of benzene rings is 1. The summed E-state index contributed by atoms with van der Waals surface area (Å²) in [6.45, 7) is 7.63. The maximum absolute atomic E-state index is 5.95. The number of anilines is 2. The van der Waals surface area contributed by atoms with Gasteiger partial charge in [0, 0.05) is 49.8 Å². The van der Waals surface area contributed by atoms with Gasteiger partial charge in [-0.1, -0.05) is 12.1 Å². The van der Waals surface area contributed by atoms with Crippen molar-refractivity contribution in [3.8, 4) is 5.75 Å². The van der Waals surface area contributed by atoms with Crippen molar-refractivity contribution in [2.24, 2.45) is 0 Å². The second-order valence-corrected chi connectivity index (χ2v) is 8.76. The van der Waals surface area contributed by atoms with Crippen molar-refractivity contribution in [3.63, 3.8) is 0 Å². The largest absolute Gasteiger partial charge is 0.491 e. The van der Waals surface area contributed by atoms with Gasteiger partial charge in [0.15, 0.2) is 0 Å². The fraction of sp³-hybridized carbons (Fsp3) is 0.423. The molecule has 0 aliphatic carbocycles. The van der Waals surface area contributed by atoms with Gasteiger partial charge in [-0.25, -0.2) is 15.0 Å². The molecular formula is C26H33N5O2. The third kappa shape index (κ3) is 6.49. The summed E-state index contributed by atoms with van der Waals surface area (Å²) in [5.74, 6) is 2.65. The lowest BCUT2D eigenvalue weighted by Crippen LogP contribution is -2.34. The lowest BCUT2D eigenvalue weighted by atomic mass is 9.94. The molecule has 1 N–H and O–H groups in total. The van der Waals surface area contributed by atoms with Crippen molar-refractivity contribution >= 4 is 11.8 Å². The number of pyridine rings is 1. The molecule has 0 bridgehead atoms. The van der Waals surface area contributed by atoms with Crippen molar-refractivity contribution in [2.75, 3.05) is 25.5 Å². The smallest absolute Gasteiger partial charge is 0.228 e. The van der Waals surface area contributed by atoms with Gasteiger partial charge >= 0.3 is 0 Å². The van der Waals surface area contributed by atoms with E-state index in [4.69, 9.17) is 14.5 Å². The van der Waals surface area contributed by atoms with Gasteiger partial charge in [-0.15, -0.1) is 0 Å². The van der Waals surface area contributed by atoms with E-state index in [1.807, 2.05) is 19.9 Å². The Kier molecular flexibility index (Phi) is 7.86. The third-order valence-electron chi connectivity index (χ3n) is 5.69. The van der Waals surface area contributed by atoms with Crippen LogP contribution in [0.15, 0.2) is 54.9 Å². The standard InChI is InChI=1S/C26H33N5O2/c1-19(2)33-24-11-10-20(15-22(24)18-32-3)16-31-14-5-7-21(17-31)23-8-4-9-25(29-23)30-26-27-12-6-13-28-26/h4,6,8-13,15,19,21H,5,7,14,16-18H2,1-3H3,(H,27,28,29,30)/t21-/m0/s1. The van der Waals surface area contributed by atoms with E-state index in [9.17, 15) is 0 Å². The van der Waals surface area contributed by atoms with Crippen molar-refractivity contribution in [3.05, 3.63) is 71.7 Å². The second-order valence-electron chi connectivity index (χ2n) is 8.76. The molecule has 1 saturated heterocycles. The number of nitrogens with one attached hydrogen (secondary N) is 1. The van der Waals surface area contributed by atoms with Crippen LogP contribution in [0.25, 0.3) is 0 Å². The van der Waals surface area contributed by atoms with Crippen LogP contribution in [0.4, 0.5) is 11.8 Å². The molecule has 7 nitrogen and oxygen atoms in total. The highest BCUT2D eigenvalue weighted by molar-refractivity contribution is 5.47. The number of aromatic nitrogens is 3. The van der Waals surface area contributed by atoms with Crippen molar-refractivity contribution in [1.29, 1.82) is 0 Å². The summed E-state index contributed by atoms with van der Waals surface area (Å²) >= 11 is 0. The molecule has 33 heavy (non-hydrogen) atoms. The van der Waals surface area contributed by atoms with Crippen LogP contribution in [0.3, 0.4) is 0 Å². The van der Waals surface area contributed by atoms with E-state index in [1.54, 1.807) is 25.6 Å². The molecule has 174 valence electrons. The van der Waals surface area contributed by atoms with Crippen molar-refractivity contribution < 1.29 is 9.47 Å². The van der Waals surface area contributed by atoms with E-state index in [0.717, 1.165) is 55.3 Å². The molecule has 1 fully saturated rings. The Balaban J connectivity index is 1.43. The Bertz CT molecular complexity index is 1030. The van der Waals surface area contributed by atoms with Crippen LogP contribution in [0.5, 0.6) is 5.75 Å². The highest BCUT2D eigenvalue weighted by Crippen LogP contribution is 2.29. The highest BCUT2D eigenvalue weighted by atomic mass is 16.5. The summed E-state index contributed by atoms with van der Waals surface area (Å²) in [5.41, 5.74) is 3.49. The molecule has 7 heteroatoms. The van der Waals surface area contributed by atoms with Gasteiger partial charge < -0.3 is 14.8 Å². The second kappa shape index (κ2) is 11.2. The minimum absolute atomic E-state index is 0.139. The van der Waals surface area contributed by atoms with Gasteiger partial charge in [0.05, 0.1) is 12.7 Å². The quantitative estimate of drug-likeness (QED) is 0.499. The number of methoxy groups -OCH3 is 1. The SMILES string of the molecule is COCc1cc(CN2CCC[C@H](c3cccc(Nc4ncccn4)n3)C2)ccc1OC(C)C. The van der Waals surface area contributed by atoms with Crippen molar-refractivity contribution in [2.45, 2.75) is 51.9 Å². The molecular weight excluding hydrogens is 414 g/mol. The summed E-state index contributed by atoms with van der Waals surface area (Å²) in [6.07, 6.45) is 5.88. The molecule has 0 amide bonds. The average molecular weight is 448 g/mol. The molecule has 1 aliphatic rings. The highest BCUT2D eigenvalue weighted by Gasteiger charge is 2.23. The molecule has 0 saturated carbocycles. The Labute approximate surface area is 196 Å². The fourth-order valence-corrected chi connectivity index (χ4v) is 4.29. The van der Waals surface area contributed by atoms with Crippen molar-refractivity contribution in [1.82, 2.24) is 19.9 Å². The van der Waals surface area contributed by atoms with Gasteiger partial charge in [-0.2, -0.15) is 0 Å². The normalized spacial score (nSPS) is 16.7. The number of ether oxygens (including phenoxy) is 2. The summed E-state index contributed by atoms with van der Waals surface area (Å²) in [6, 6.07) is 14.4. The van der Waals surface area contributed by atoms with Crippen LogP contribution >= 0.6 is 0 Å². The summed E-state index contributed by atoms with van der Waals surface area (Å²) in [4.78, 5) is 15.8. The molecule has 0 spiro atoms. The maximum Gasteiger partial charge on any atom is 0.228 e. The van der Waals surface area contributed by atoms with Crippen LogP contribution in [0.2, 0.25) is 0 Å². The minimum Gasteiger partial charge on any atom is -0.491 e. The number of rotatable bonds is 9. The molecule has 1 aromatic carbocycles. The zero-order valence-corrected chi connectivity index (χ0v) is 19.7. The molecule has 0 radical (unpaired) electrons.